The fraction of sp³-hybridized carbons (Fsp3) is 0.250. The molecular weight excluding hydrogens is 250 g/mol. The number of carboxylic acids is 1. The van der Waals surface area contributed by atoms with Gasteiger partial charge in [0.25, 0.3) is 5.56 Å². The molecule has 0 unspecified atom stereocenters. The van der Waals surface area contributed by atoms with Crippen molar-refractivity contribution in [2.24, 2.45) is 0 Å². The third kappa shape index (κ3) is 3.20. The maximum Gasteiger partial charge on any atom is 0.573 e. The lowest BCUT2D eigenvalue weighted by Crippen LogP contribution is -2.23. The number of rotatable bonds is 3. The first-order chi connectivity index (χ1) is 7.74. The van der Waals surface area contributed by atoms with Crippen LogP contribution in [0.5, 0.6) is 5.75 Å². The van der Waals surface area contributed by atoms with Crippen molar-refractivity contribution in [2.75, 3.05) is 0 Å². The molecule has 17 heavy (non-hydrogen) atoms. The van der Waals surface area contributed by atoms with Crippen LogP contribution in [0.3, 0.4) is 0 Å². The lowest BCUT2D eigenvalue weighted by molar-refractivity contribution is -0.275. The lowest BCUT2D eigenvalue weighted by atomic mass is 10.2. The normalized spacial score (nSPS) is 11.3. The van der Waals surface area contributed by atoms with E-state index >= 15 is 0 Å². The molecule has 0 fully saturated rings. The van der Waals surface area contributed by atoms with Gasteiger partial charge in [-0.1, -0.05) is 0 Å². The maximum atomic E-state index is 12.3. The van der Waals surface area contributed by atoms with E-state index < -0.39 is 41.6 Å². The van der Waals surface area contributed by atoms with E-state index in [0.29, 0.717) is 6.07 Å². The molecule has 1 rings (SSSR count). The zero-order valence-electron chi connectivity index (χ0n) is 7.97. The first kappa shape index (κ1) is 13.0. The minimum atomic E-state index is -5.11. The number of pyridine rings is 1. The average molecular weight is 255 g/mol. The second kappa shape index (κ2) is 4.44. The summed E-state index contributed by atoms with van der Waals surface area (Å²) in [4.78, 5) is 23.2. The molecule has 0 atom stereocenters. The lowest BCUT2D eigenvalue weighted by Gasteiger charge is -2.11. The number of ether oxygens (including phenoxy) is 1. The third-order valence-electron chi connectivity index (χ3n) is 1.67. The third-order valence-corrected chi connectivity index (χ3v) is 1.67. The largest absolute Gasteiger partial charge is 0.573 e. The van der Waals surface area contributed by atoms with Gasteiger partial charge in [-0.05, 0) is 0 Å². The highest BCUT2D eigenvalue weighted by molar-refractivity contribution is 5.87. The summed E-state index contributed by atoms with van der Waals surface area (Å²) < 4.78 is 51.4. The highest BCUT2D eigenvalue weighted by atomic mass is 19.4. The molecule has 94 valence electrons. The Morgan fingerprint density at radius 2 is 2.06 bits per heavy atom. The molecule has 0 spiro atoms. The summed E-state index contributed by atoms with van der Waals surface area (Å²) in [5, 5.41) is 8.50. The molecule has 5 nitrogen and oxygen atoms in total. The van der Waals surface area contributed by atoms with Gasteiger partial charge in [-0.3, -0.25) is 4.79 Å². The number of aromatic amines is 1. The van der Waals surface area contributed by atoms with Crippen LogP contribution in [-0.2, 0) is 6.67 Å². The van der Waals surface area contributed by atoms with E-state index in [2.05, 4.69) is 4.74 Å². The molecule has 9 heteroatoms. The van der Waals surface area contributed by atoms with Crippen LogP contribution >= 0.6 is 0 Å². The quantitative estimate of drug-likeness (QED) is 0.801. The van der Waals surface area contributed by atoms with Crippen LogP contribution in [-0.4, -0.2) is 22.4 Å². The van der Waals surface area contributed by atoms with Crippen molar-refractivity contribution in [3.8, 4) is 5.75 Å². The van der Waals surface area contributed by atoms with Gasteiger partial charge in [0, 0.05) is 6.07 Å². The highest BCUT2D eigenvalue weighted by Gasteiger charge is 2.33. The Hall–Kier alpha value is -2.06. The van der Waals surface area contributed by atoms with Crippen LogP contribution in [0.25, 0.3) is 0 Å². The summed E-state index contributed by atoms with van der Waals surface area (Å²) in [6.07, 6.45) is -5.11. The fourth-order valence-corrected chi connectivity index (χ4v) is 1.02. The van der Waals surface area contributed by atoms with Crippen molar-refractivity contribution in [2.45, 2.75) is 13.0 Å². The van der Waals surface area contributed by atoms with Crippen LogP contribution < -0.4 is 10.3 Å². The van der Waals surface area contributed by atoms with E-state index in [1.165, 1.54) is 0 Å². The van der Waals surface area contributed by atoms with Gasteiger partial charge in [-0.25, -0.2) is 9.18 Å². The summed E-state index contributed by atoms with van der Waals surface area (Å²) in [5.41, 5.74) is -2.96. The molecule has 0 aliphatic rings. The highest BCUT2D eigenvalue weighted by Crippen LogP contribution is 2.25. The second-order valence-electron chi connectivity index (χ2n) is 2.84. The Bertz CT molecular complexity index is 493. The number of aromatic carboxylic acids is 1. The summed E-state index contributed by atoms with van der Waals surface area (Å²) in [7, 11) is 0. The summed E-state index contributed by atoms with van der Waals surface area (Å²) in [5.74, 6) is -2.83. The van der Waals surface area contributed by atoms with Gasteiger partial charge < -0.3 is 14.8 Å². The zero-order valence-corrected chi connectivity index (χ0v) is 7.97. The molecule has 1 aromatic heterocycles. The molecule has 0 aromatic carbocycles. The van der Waals surface area contributed by atoms with Crippen molar-refractivity contribution in [3.63, 3.8) is 0 Å². The van der Waals surface area contributed by atoms with Crippen molar-refractivity contribution in [3.05, 3.63) is 27.7 Å². The fourth-order valence-electron chi connectivity index (χ4n) is 1.02. The van der Waals surface area contributed by atoms with Gasteiger partial charge in [0.05, 0.1) is 5.69 Å². The predicted molar refractivity (Wildman–Crippen MR) is 45.5 cm³/mol. The molecule has 0 amide bonds. The van der Waals surface area contributed by atoms with Crippen molar-refractivity contribution in [1.29, 1.82) is 0 Å². The number of hydrogen-bond donors (Lipinski definition) is 2. The summed E-state index contributed by atoms with van der Waals surface area (Å²) in [6, 6.07) is 0.323. The standard InChI is InChI=1S/C8H5F4NO4/c9-2-4-5(17-8(10,11)12)1-3(7(15)16)6(14)13-4/h1H,2H2,(H,13,14)(H,15,16). The van der Waals surface area contributed by atoms with Gasteiger partial charge in [-0.15, -0.1) is 13.2 Å². The number of carbonyl (C=O) groups is 1. The zero-order chi connectivity index (χ0) is 13.2. The number of nitrogens with one attached hydrogen (secondary N) is 1. The van der Waals surface area contributed by atoms with E-state index in [1.807, 2.05) is 0 Å². The molecule has 1 heterocycles. The van der Waals surface area contributed by atoms with Crippen molar-refractivity contribution < 1.29 is 32.2 Å². The molecule has 0 saturated heterocycles. The van der Waals surface area contributed by atoms with Crippen LogP contribution in [0, 0.1) is 0 Å². The van der Waals surface area contributed by atoms with E-state index in [1.54, 1.807) is 4.98 Å². The summed E-state index contributed by atoms with van der Waals surface area (Å²) in [6.45, 7) is -1.43. The molecule has 0 aliphatic heterocycles. The van der Waals surface area contributed by atoms with Gasteiger partial charge >= 0.3 is 12.3 Å². The second-order valence-corrected chi connectivity index (χ2v) is 2.84. The minimum absolute atomic E-state index is 0.323. The van der Waals surface area contributed by atoms with Gasteiger partial charge in [0.2, 0.25) is 0 Å². The SMILES string of the molecule is O=C(O)c1cc(OC(F)(F)F)c(CF)[nH]c1=O. The Morgan fingerprint density at radius 3 is 2.47 bits per heavy atom. The monoisotopic (exact) mass is 255 g/mol. The van der Waals surface area contributed by atoms with E-state index in [9.17, 15) is 27.2 Å². The molecule has 0 saturated carbocycles. The molecular formula is C8H5F4NO4. The van der Waals surface area contributed by atoms with Gasteiger partial charge in [0.15, 0.2) is 5.75 Å². The van der Waals surface area contributed by atoms with E-state index in [0.717, 1.165) is 0 Å². The predicted octanol–water partition coefficient (Wildman–Crippen LogP) is 1.44. The van der Waals surface area contributed by atoms with Crippen LogP contribution in [0.2, 0.25) is 0 Å². The smallest absolute Gasteiger partial charge is 0.477 e. The Balaban J connectivity index is 3.32. The van der Waals surface area contributed by atoms with Crippen LogP contribution in [0.15, 0.2) is 10.9 Å². The first-order valence-corrected chi connectivity index (χ1v) is 4.06. The Kier molecular flexibility index (Phi) is 3.39. The molecule has 1 aromatic rings. The number of aromatic nitrogens is 1. The van der Waals surface area contributed by atoms with E-state index in [-0.39, 0.29) is 0 Å². The summed E-state index contributed by atoms with van der Waals surface area (Å²) >= 11 is 0. The number of halogens is 4. The average Bonchev–Trinajstić information content (AvgIpc) is 2.17. The number of H-pyrrole nitrogens is 1. The number of carboxylic acid groups (broad SMARTS) is 1. The van der Waals surface area contributed by atoms with E-state index in [4.69, 9.17) is 5.11 Å². The van der Waals surface area contributed by atoms with Crippen molar-refractivity contribution in [1.82, 2.24) is 4.98 Å². The maximum absolute atomic E-state index is 12.3. The number of alkyl halides is 4. The van der Waals surface area contributed by atoms with Crippen molar-refractivity contribution >= 4 is 5.97 Å². The van der Waals surface area contributed by atoms with Gasteiger partial charge in [0.1, 0.15) is 12.2 Å². The Morgan fingerprint density at radius 1 is 1.47 bits per heavy atom. The topological polar surface area (TPSA) is 79.4 Å². The molecule has 0 radical (unpaired) electrons. The van der Waals surface area contributed by atoms with Crippen LogP contribution in [0.4, 0.5) is 17.6 Å². The molecule has 0 bridgehead atoms. The number of hydrogen-bond acceptors (Lipinski definition) is 3. The van der Waals surface area contributed by atoms with Crippen LogP contribution in [0.1, 0.15) is 16.1 Å². The first-order valence-electron chi connectivity index (χ1n) is 4.06. The molecule has 0 aliphatic carbocycles. The molecule has 2 N–H and O–H groups in total. The minimum Gasteiger partial charge on any atom is -0.477 e. The Labute approximate surface area is 90.6 Å². The van der Waals surface area contributed by atoms with Gasteiger partial charge in [-0.2, -0.15) is 0 Å².